The van der Waals surface area contributed by atoms with Crippen molar-refractivity contribution in [3.05, 3.63) is 35.4 Å². The predicted molar refractivity (Wildman–Crippen MR) is 83.2 cm³/mol. The fourth-order valence-electron chi connectivity index (χ4n) is 1.65. The number of carbonyl (C=O) groups excluding carboxylic acids is 1. The molecule has 6 heteroatoms. The van der Waals surface area contributed by atoms with Gasteiger partial charge in [-0.2, -0.15) is 0 Å². The molecular formula is C16H21NO5. The molecule has 1 rings (SSSR count). The van der Waals surface area contributed by atoms with Crippen molar-refractivity contribution in [3.8, 4) is 5.75 Å². The number of benzene rings is 1. The molecular weight excluding hydrogens is 286 g/mol. The Kier molecular flexibility index (Phi) is 5.98. The van der Waals surface area contributed by atoms with Crippen molar-refractivity contribution >= 4 is 18.1 Å². The van der Waals surface area contributed by atoms with Crippen molar-refractivity contribution < 1.29 is 24.2 Å². The van der Waals surface area contributed by atoms with E-state index in [9.17, 15) is 9.59 Å². The van der Waals surface area contributed by atoms with Crippen molar-refractivity contribution in [1.82, 2.24) is 5.32 Å². The molecule has 0 aliphatic heterocycles. The second kappa shape index (κ2) is 7.49. The van der Waals surface area contributed by atoms with E-state index in [4.69, 9.17) is 14.6 Å². The third-order valence-corrected chi connectivity index (χ3v) is 2.53. The number of nitrogens with one attached hydrogen (secondary N) is 1. The highest BCUT2D eigenvalue weighted by Gasteiger charge is 2.15. The number of hydrogen-bond acceptors (Lipinski definition) is 4. The minimum atomic E-state index is -1.06. The summed E-state index contributed by atoms with van der Waals surface area (Å²) in [6.45, 7) is 5.64. The van der Waals surface area contributed by atoms with Gasteiger partial charge in [0.1, 0.15) is 16.9 Å². The molecule has 0 atom stereocenters. The summed E-state index contributed by atoms with van der Waals surface area (Å²) in [4.78, 5) is 22.5. The molecule has 0 aliphatic carbocycles. The SMILES string of the molecule is COc1ccc(C=CCNC(=O)OC(C)(C)C)cc1C(=O)O. The molecule has 0 aliphatic rings. The van der Waals surface area contributed by atoms with Crippen LogP contribution in [-0.2, 0) is 4.74 Å². The number of hydrogen-bond donors (Lipinski definition) is 2. The van der Waals surface area contributed by atoms with Gasteiger partial charge in [0.25, 0.3) is 0 Å². The quantitative estimate of drug-likeness (QED) is 0.873. The molecule has 0 aromatic heterocycles. The van der Waals surface area contributed by atoms with Crippen LogP contribution in [0.25, 0.3) is 6.08 Å². The van der Waals surface area contributed by atoms with Crippen LogP contribution in [0.3, 0.4) is 0 Å². The zero-order valence-electron chi connectivity index (χ0n) is 13.2. The maximum Gasteiger partial charge on any atom is 0.407 e. The molecule has 0 radical (unpaired) electrons. The van der Waals surface area contributed by atoms with Crippen LogP contribution >= 0.6 is 0 Å². The highest BCUT2D eigenvalue weighted by atomic mass is 16.6. The molecule has 120 valence electrons. The molecule has 1 amide bonds. The fourth-order valence-corrected chi connectivity index (χ4v) is 1.65. The Balaban J connectivity index is 2.62. The molecule has 6 nitrogen and oxygen atoms in total. The van der Waals surface area contributed by atoms with E-state index in [1.54, 1.807) is 45.1 Å². The number of carbonyl (C=O) groups is 2. The van der Waals surface area contributed by atoms with Gasteiger partial charge in [0.15, 0.2) is 0 Å². The molecule has 22 heavy (non-hydrogen) atoms. The standard InChI is InChI=1S/C16H21NO5/c1-16(2,3)22-15(20)17-9-5-6-11-7-8-13(21-4)12(10-11)14(18)19/h5-8,10H,9H2,1-4H3,(H,17,20)(H,18,19). The van der Waals surface area contributed by atoms with Crippen LogP contribution in [-0.4, -0.2) is 36.4 Å². The smallest absolute Gasteiger partial charge is 0.407 e. The van der Waals surface area contributed by atoms with Crippen LogP contribution < -0.4 is 10.1 Å². The summed E-state index contributed by atoms with van der Waals surface area (Å²) in [7, 11) is 1.42. The third kappa shape index (κ3) is 5.87. The molecule has 2 N–H and O–H groups in total. The Labute approximate surface area is 129 Å². The van der Waals surface area contributed by atoms with Crippen LogP contribution in [0, 0.1) is 0 Å². The van der Waals surface area contributed by atoms with Crippen LogP contribution in [0.2, 0.25) is 0 Å². The predicted octanol–water partition coefficient (Wildman–Crippen LogP) is 2.93. The van der Waals surface area contributed by atoms with Gasteiger partial charge in [0, 0.05) is 6.54 Å². The van der Waals surface area contributed by atoms with Gasteiger partial charge in [-0.05, 0) is 38.5 Å². The Hall–Kier alpha value is -2.50. The number of methoxy groups -OCH3 is 1. The topological polar surface area (TPSA) is 84.9 Å². The summed E-state index contributed by atoms with van der Waals surface area (Å²) in [5.74, 6) is -0.754. The van der Waals surface area contributed by atoms with E-state index < -0.39 is 17.7 Å². The first kappa shape index (κ1) is 17.6. The molecule has 0 heterocycles. The molecule has 1 aromatic rings. The van der Waals surface area contributed by atoms with Crippen molar-refractivity contribution in [1.29, 1.82) is 0 Å². The van der Waals surface area contributed by atoms with Crippen LogP contribution in [0.1, 0.15) is 36.7 Å². The second-order valence-corrected chi connectivity index (χ2v) is 5.55. The van der Waals surface area contributed by atoms with E-state index in [-0.39, 0.29) is 12.1 Å². The minimum absolute atomic E-state index is 0.0877. The lowest BCUT2D eigenvalue weighted by molar-refractivity contribution is 0.0533. The van der Waals surface area contributed by atoms with E-state index >= 15 is 0 Å². The first-order valence-electron chi connectivity index (χ1n) is 6.77. The maximum absolute atomic E-state index is 11.4. The molecule has 0 saturated carbocycles. The highest BCUT2D eigenvalue weighted by Crippen LogP contribution is 2.20. The maximum atomic E-state index is 11.4. The average Bonchev–Trinajstić information content (AvgIpc) is 2.41. The highest BCUT2D eigenvalue weighted by molar-refractivity contribution is 5.91. The van der Waals surface area contributed by atoms with Crippen molar-refractivity contribution in [2.75, 3.05) is 13.7 Å². The van der Waals surface area contributed by atoms with E-state index in [0.717, 1.165) is 0 Å². The average molecular weight is 307 g/mol. The Morgan fingerprint density at radius 3 is 2.55 bits per heavy atom. The summed E-state index contributed by atoms with van der Waals surface area (Å²) >= 11 is 0. The van der Waals surface area contributed by atoms with E-state index in [2.05, 4.69) is 5.32 Å². The van der Waals surface area contributed by atoms with E-state index in [0.29, 0.717) is 11.3 Å². The number of rotatable bonds is 5. The number of carboxylic acids is 1. The zero-order chi connectivity index (χ0) is 16.8. The molecule has 0 unspecified atom stereocenters. The van der Waals surface area contributed by atoms with Crippen molar-refractivity contribution in [2.45, 2.75) is 26.4 Å². The summed E-state index contributed by atoms with van der Waals surface area (Å²) in [6.07, 6.45) is 2.92. The molecule has 0 bridgehead atoms. The summed E-state index contributed by atoms with van der Waals surface area (Å²) in [5.41, 5.74) is 0.245. The third-order valence-electron chi connectivity index (χ3n) is 2.53. The lowest BCUT2D eigenvalue weighted by Gasteiger charge is -2.19. The van der Waals surface area contributed by atoms with Gasteiger partial charge in [-0.25, -0.2) is 9.59 Å². The van der Waals surface area contributed by atoms with E-state index in [1.807, 2.05) is 0 Å². The van der Waals surface area contributed by atoms with Crippen molar-refractivity contribution in [2.24, 2.45) is 0 Å². The zero-order valence-corrected chi connectivity index (χ0v) is 13.2. The number of ether oxygens (including phenoxy) is 2. The molecule has 0 spiro atoms. The van der Waals surface area contributed by atoms with Crippen LogP contribution in [0.15, 0.2) is 24.3 Å². The first-order valence-corrected chi connectivity index (χ1v) is 6.77. The molecule has 0 saturated heterocycles. The Bertz CT molecular complexity index is 572. The van der Waals surface area contributed by atoms with Crippen molar-refractivity contribution in [3.63, 3.8) is 0 Å². The molecule has 1 aromatic carbocycles. The fraction of sp³-hybridized carbons (Fsp3) is 0.375. The van der Waals surface area contributed by atoms with E-state index in [1.165, 1.54) is 13.2 Å². The van der Waals surface area contributed by atoms with Gasteiger partial charge in [0.05, 0.1) is 7.11 Å². The van der Waals surface area contributed by atoms with Crippen LogP contribution in [0.5, 0.6) is 5.75 Å². The Morgan fingerprint density at radius 1 is 1.32 bits per heavy atom. The summed E-state index contributed by atoms with van der Waals surface area (Å²) in [6, 6.07) is 4.82. The van der Waals surface area contributed by atoms with Crippen LogP contribution in [0.4, 0.5) is 4.79 Å². The number of alkyl carbamates (subject to hydrolysis) is 1. The van der Waals surface area contributed by atoms with Gasteiger partial charge < -0.3 is 19.9 Å². The monoisotopic (exact) mass is 307 g/mol. The lowest BCUT2D eigenvalue weighted by Crippen LogP contribution is -2.32. The second-order valence-electron chi connectivity index (χ2n) is 5.55. The van der Waals surface area contributed by atoms with Gasteiger partial charge in [-0.15, -0.1) is 0 Å². The summed E-state index contributed by atoms with van der Waals surface area (Å²) in [5, 5.41) is 11.7. The Morgan fingerprint density at radius 2 is 2.00 bits per heavy atom. The first-order chi connectivity index (χ1) is 10.2. The largest absolute Gasteiger partial charge is 0.496 e. The lowest BCUT2D eigenvalue weighted by atomic mass is 10.1. The normalized spacial score (nSPS) is 11.3. The van der Waals surface area contributed by atoms with Gasteiger partial charge in [-0.1, -0.05) is 18.2 Å². The number of amides is 1. The molecule has 0 fully saturated rings. The number of carboxylic acid groups (broad SMARTS) is 1. The number of aromatic carboxylic acids is 1. The van der Waals surface area contributed by atoms with Gasteiger partial charge in [0.2, 0.25) is 0 Å². The summed E-state index contributed by atoms with van der Waals surface area (Å²) < 4.78 is 10.1. The van der Waals surface area contributed by atoms with Gasteiger partial charge >= 0.3 is 12.1 Å². The minimum Gasteiger partial charge on any atom is -0.496 e. The van der Waals surface area contributed by atoms with Gasteiger partial charge in [-0.3, -0.25) is 0 Å².